The van der Waals surface area contributed by atoms with Crippen molar-refractivity contribution >= 4 is 29.4 Å². The van der Waals surface area contributed by atoms with Gasteiger partial charge in [-0.15, -0.1) is 11.8 Å². The molecule has 0 unspecified atom stereocenters. The quantitative estimate of drug-likeness (QED) is 0.702. The second-order valence-corrected chi connectivity index (χ2v) is 7.61. The van der Waals surface area contributed by atoms with E-state index in [2.05, 4.69) is 10.6 Å². The Balaban J connectivity index is 1.98. The van der Waals surface area contributed by atoms with Gasteiger partial charge in [-0.1, -0.05) is 44.2 Å². The van der Waals surface area contributed by atoms with Gasteiger partial charge in [0, 0.05) is 24.2 Å². The van der Waals surface area contributed by atoms with Crippen molar-refractivity contribution in [2.24, 2.45) is 5.92 Å². The lowest BCUT2D eigenvalue weighted by molar-refractivity contribution is -0.133. The maximum absolute atomic E-state index is 12.9. The van der Waals surface area contributed by atoms with E-state index in [1.807, 2.05) is 62.6 Å². The van der Waals surface area contributed by atoms with Crippen LogP contribution in [-0.2, 0) is 11.3 Å². The fourth-order valence-corrected chi connectivity index (χ4v) is 3.07. The van der Waals surface area contributed by atoms with E-state index in [4.69, 9.17) is 0 Å². The molecular weight excluding hydrogens is 358 g/mol. The molecular formula is C21H27N3O2S. The molecule has 0 aromatic heterocycles. The average molecular weight is 386 g/mol. The molecule has 0 saturated carbocycles. The molecule has 1 atom stereocenters. The average Bonchev–Trinajstić information content (AvgIpc) is 2.66. The summed E-state index contributed by atoms with van der Waals surface area (Å²) in [5, 5.41) is 5.57. The topological polar surface area (TPSA) is 61.4 Å². The number of thioether (sulfide) groups is 1. The number of nitrogens with zero attached hydrogens (tertiary/aromatic N) is 1. The first-order valence-corrected chi connectivity index (χ1v) is 10.1. The zero-order chi connectivity index (χ0) is 19.8. The number of hydrogen-bond donors (Lipinski definition) is 2. The number of carbonyl (C=O) groups is 2. The van der Waals surface area contributed by atoms with Crippen LogP contribution in [-0.4, -0.2) is 36.2 Å². The molecule has 0 heterocycles. The number of hydrogen-bond acceptors (Lipinski definition) is 3. The van der Waals surface area contributed by atoms with E-state index < -0.39 is 6.04 Å². The molecule has 6 heteroatoms. The summed E-state index contributed by atoms with van der Waals surface area (Å²) >= 11 is 1.68. The van der Waals surface area contributed by atoms with Crippen molar-refractivity contribution in [3.8, 4) is 0 Å². The Kier molecular flexibility index (Phi) is 7.73. The van der Waals surface area contributed by atoms with Gasteiger partial charge in [-0.2, -0.15) is 0 Å². The Labute approximate surface area is 165 Å². The van der Waals surface area contributed by atoms with E-state index in [0.29, 0.717) is 12.2 Å². The molecule has 144 valence electrons. The second kappa shape index (κ2) is 10.0. The Hall–Kier alpha value is -2.47. The largest absolute Gasteiger partial charge is 0.340 e. The van der Waals surface area contributed by atoms with Gasteiger partial charge >= 0.3 is 6.03 Å². The van der Waals surface area contributed by atoms with Gasteiger partial charge < -0.3 is 15.5 Å². The lowest BCUT2D eigenvalue weighted by Gasteiger charge is -2.27. The third-order valence-corrected chi connectivity index (χ3v) is 4.95. The Morgan fingerprint density at radius 2 is 1.67 bits per heavy atom. The first kappa shape index (κ1) is 20.8. The molecule has 3 amide bonds. The van der Waals surface area contributed by atoms with Crippen LogP contribution in [0.3, 0.4) is 0 Å². The molecule has 0 saturated heterocycles. The van der Waals surface area contributed by atoms with Crippen molar-refractivity contribution in [3.63, 3.8) is 0 Å². The highest BCUT2D eigenvalue weighted by atomic mass is 32.2. The smallest absolute Gasteiger partial charge is 0.319 e. The fourth-order valence-electron chi connectivity index (χ4n) is 2.66. The highest BCUT2D eigenvalue weighted by molar-refractivity contribution is 7.98. The SMILES string of the molecule is CSc1ccc(CN(C)C(=O)[C@@H](NC(=O)Nc2ccccc2)C(C)C)cc1. The predicted octanol–water partition coefficient (Wildman–Crippen LogP) is 4.21. The van der Waals surface area contributed by atoms with Gasteiger partial charge in [0.1, 0.15) is 6.04 Å². The molecule has 0 spiro atoms. The number of carbonyl (C=O) groups excluding carboxylic acids is 2. The monoisotopic (exact) mass is 385 g/mol. The summed E-state index contributed by atoms with van der Waals surface area (Å²) in [5.74, 6) is -0.137. The minimum atomic E-state index is -0.593. The van der Waals surface area contributed by atoms with E-state index in [1.54, 1.807) is 35.8 Å². The van der Waals surface area contributed by atoms with Crippen molar-refractivity contribution in [2.45, 2.75) is 31.3 Å². The first-order valence-electron chi connectivity index (χ1n) is 8.91. The number of benzene rings is 2. The maximum Gasteiger partial charge on any atom is 0.319 e. The Bertz CT molecular complexity index is 748. The van der Waals surface area contributed by atoms with Gasteiger partial charge in [-0.05, 0) is 42.0 Å². The van der Waals surface area contributed by atoms with Crippen LogP contribution in [0.5, 0.6) is 0 Å². The van der Waals surface area contributed by atoms with Crippen LogP contribution in [0.2, 0.25) is 0 Å². The third kappa shape index (κ3) is 6.32. The molecule has 27 heavy (non-hydrogen) atoms. The van der Waals surface area contributed by atoms with Crippen LogP contribution in [0, 0.1) is 5.92 Å². The lowest BCUT2D eigenvalue weighted by Crippen LogP contribution is -2.51. The molecule has 0 bridgehead atoms. The first-order chi connectivity index (χ1) is 12.9. The molecule has 2 rings (SSSR count). The zero-order valence-corrected chi connectivity index (χ0v) is 17.0. The van der Waals surface area contributed by atoms with E-state index >= 15 is 0 Å². The van der Waals surface area contributed by atoms with Crippen molar-refractivity contribution in [1.29, 1.82) is 0 Å². The van der Waals surface area contributed by atoms with E-state index in [9.17, 15) is 9.59 Å². The number of rotatable bonds is 7. The molecule has 0 fully saturated rings. The van der Waals surface area contributed by atoms with Crippen molar-refractivity contribution < 1.29 is 9.59 Å². The number of para-hydroxylation sites is 1. The van der Waals surface area contributed by atoms with Crippen LogP contribution in [0.4, 0.5) is 10.5 Å². The minimum Gasteiger partial charge on any atom is -0.340 e. The molecule has 0 aliphatic heterocycles. The summed E-state index contributed by atoms with van der Waals surface area (Å²) in [6, 6.07) is 16.3. The van der Waals surface area contributed by atoms with Gasteiger partial charge in [-0.3, -0.25) is 4.79 Å². The summed E-state index contributed by atoms with van der Waals surface area (Å²) < 4.78 is 0. The van der Waals surface area contributed by atoms with E-state index in [1.165, 1.54) is 4.90 Å². The van der Waals surface area contributed by atoms with Gasteiger partial charge in [0.05, 0.1) is 0 Å². The van der Waals surface area contributed by atoms with Gasteiger partial charge in [-0.25, -0.2) is 4.79 Å². The fraction of sp³-hybridized carbons (Fsp3) is 0.333. The van der Waals surface area contributed by atoms with Crippen LogP contribution in [0.15, 0.2) is 59.5 Å². The van der Waals surface area contributed by atoms with Crippen molar-refractivity contribution in [3.05, 3.63) is 60.2 Å². The summed E-state index contributed by atoms with van der Waals surface area (Å²) in [6.07, 6.45) is 2.03. The third-order valence-electron chi connectivity index (χ3n) is 4.21. The number of likely N-dealkylation sites (N-methyl/N-ethyl adjacent to an activating group) is 1. The molecule has 0 radical (unpaired) electrons. The Morgan fingerprint density at radius 3 is 2.22 bits per heavy atom. The van der Waals surface area contributed by atoms with Gasteiger partial charge in [0.25, 0.3) is 0 Å². The van der Waals surface area contributed by atoms with Crippen molar-refractivity contribution in [1.82, 2.24) is 10.2 Å². The van der Waals surface area contributed by atoms with Crippen LogP contribution in [0.25, 0.3) is 0 Å². The molecule has 0 aliphatic rings. The van der Waals surface area contributed by atoms with Gasteiger partial charge in [0.2, 0.25) is 5.91 Å². The highest BCUT2D eigenvalue weighted by Crippen LogP contribution is 2.16. The second-order valence-electron chi connectivity index (χ2n) is 6.73. The Morgan fingerprint density at radius 1 is 1.04 bits per heavy atom. The number of anilines is 1. The normalized spacial score (nSPS) is 11.7. The molecule has 0 aliphatic carbocycles. The number of urea groups is 1. The molecule has 2 aromatic carbocycles. The van der Waals surface area contributed by atoms with Crippen LogP contribution < -0.4 is 10.6 Å². The predicted molar refractivity (Wildman–Crippen MR) is 112 cm³/mol. The van der Waals surface area contributed by atoms with Gasteiger partial charge in [0.15, 0.2) is 0 Å². The highest BCUT2D eigenvalue weighted by Gasteiger charge is 2.27. The molecule has 5 nitrogen and oxygen atoms in total. The van der Waals surface area contributed by atoms with Crippen molar-refractivity contribution in [2.75, 3.05) is 18.6 Å². The maximum atomic E-state index is 12.9. The summed E-state index contributed by atoms with van der Waals surface area (Å²) in [7, 11) is 1.76. The minimum absolute atomic E-state index is 0.0275. The summed E-state index contributed by atoms with van der Waals surface area (Å²) in [6.45, 7) is 4.34. The van der Waals surface area contributed by atoms with Crippen LogP contribution >= 0.6 is 11.8 Å². The lowest BCUT2D eigenvalue weighted by atomic mass is 10.0. The summed E-state index contributed by atoms with van der Waals surface area (Å²) in [5.41, 5.74) is 1.74. The molecule has 2 aromatic rings. The van der Waals surface area contributed by atoms with Crippen LogP contribution in [0.1, 0.15) is 19.4 Å². The van der Waals surface area contributed by atoms with E-state index in [0.717, 1.165) is 5.56 Å². The molecule has 2 N–H and O–H groups in total. The number of amides is 3. The van der Waals surface area contributed by atoms with E-state index in [-0.39, 0.29) is 17.9 Å². The summed E-state index contributed by atoms with van der Waals surface area (Å²) in [4.78, 5) is 28.0. The standard InChI is InChI=1S/C21H27N3O2S/c1-15(2)19(23-21(26)22-17-8-6-5-7-9-17)20(25)24(3)14-16-10-12-18(27-4)13-11-16/h5-13,15,19H,14H2,1-4H3,(H2,22,23,26)/t19-/m0/s1. The zero-order valence-electron chi connectivity index (χ0n) is 16.2. The number of nitrogens with one attached hydrogen (secondary N) is 2.